The van der Waals surface area contributed by atoms with Gasteiger partial charge in [0.15, 0.2) is 0 Å². The smallest absolute Gasteiger partial charge is 0.122 e. The van der Waals surface area contributed by atoms with Crippen LogP contribution in [0.3, 0.4) is 0 Å². The highest BCUT2D eigenvalue weighted by atomic mass is 16.3. The predicted octanol–water partition coefficient (Wildman–Crippen LogP) is 3.54. The molecule has 1 heterocycles. The zero-order valence-electron chi connectivity index (χ0n) is 12.9. The lowest BCUT2D eigenvalue weighted by Crippen LogP contribution is -2.35. The highest BCUT2D eigenvalue weighted by Gasteiger charge is 2.24. The van der Waals surface area contributed by atoms with Gasteiger partial charge < -0.3 is 9.73 Å². The van der Waals surface area contributed by atoms with Crippen molar-refractivity contribution in [2.45, 2.75) is 70.6 Å². The van der Waals surface area contributed by atoms with E-state index in [2.05, 4.69) is 30.3 Å². The molecule has 1 N–H and O–H groups in total. The number of nitrogens with zero attached hydrogens (tertiary/aromatic N) is 1. The minimum Gasteiger partial charge on any atom is -0.468 e. The van der Waals surface area contributed by atoms with Crippen molar-refractivity contribution in [2.75, 3.05) is 7.05 Å². The molecular formula is C17H28N2O. The first-order valence-electron chi connectivity index (χ1n) is 8.21. The summed E-state index contributed by atoms with van der Waals surface area (Å²) in [4.78, 5) is 2.53. The molecule has 2 aliphatic rings. The maximum absolute atomic E-state index is 5.66. The molecule has 0 aromatic carbocycles. The van der Waals surface area contributed by atoms with Crippen molar-refractivity contribution in [3.63, 3.8) is 0 Å². The van der Waals surface area contributed by atoms with Crippen LogP contribution in [0.5, 0.6) is 0 Å². The molecule has 2 saturated carbocycles. The van der Waals surface area contributed by atoms with Gasteiger partial charge in [-0.3, -0.25) is 4.90 Å². The van der Waals surface area contributed by atoms with Gasteiger partial charge in [-0.05, 0) is 44.7 Å². The van der Waals surface area contributed by atoms with Crippen molar-refractivity contribution in [2.24, 2.45) is 5.92 Å². The monoisotopic (exact) mass is 276 g/mol. The van der Waals surface area contributed by atoms with Gasteiger partial charge in [-0.15, -0.1) is 0 Å². The normalized spacial score (nSPS) is 27.1. The zero-order chi connectivity index (χ0) is 13.9. The van der Waals surface area contributed by atoms with Gasteiger partial charge in [-0.2, -0.15) is 0 Å². The van der Waals surface area contributed by atoms with E-state index in [0.29, 0.717) is 0 Å². The fourth-order valence-corrected chi connectivity index (χ4v) is 3.39. The Morgan fingerprint density at radius 3 is 2.90 bits per heavy atom. The average Bonchev–Trinajstić information content (AvgIpc) is 3.17. The third-order valence-corrected chi connectivity index (χ3v) is 4.92. The van der Waals surface area contributed by atoms with Crippen molar-refractivity contribution in [1.29, 1.82) is 0 Å². The quantitative estimate of drug-likeness (QED) is 0.861. The summed E-state index contributed by atoms with van der Waals surface area (Å²) < 4.78 is 5.66. The van der Waals surface area contributed by atoms with Crippen LogP contribution in [0, 0.1) is 5.92 Å². The van der Waals surface area contributed by atoms with Gasteiger partial charge in [-0.1, -0.05) is 19.8 Å². The molecule has 1 aromatic heterocycles. The first-order chi connectivity index (χ1) is 9.72. The molecule has 2 fully saturated rings. The lowest BCUT2D eigenvalue weighted by molar-refractivity contribution is 0.157. The zero-order valence-corrected chi connectivity index (χ0v) is 12.9. The second kappa shape index (κ2) is 6.31. The Labute approximate surface area is 122 Å². The second-order valence-corrected chi connectivity index (χ2v) is 6.86. The number of hydrogen-bond donors (Lipinski definition) is 1. The maximum Gasteiger partial charge on any atom is 0.122 e. The van der Waals surface area contributed by atoms with Crippen LogP contribution in [-0.4, -0.2) is 24.0 Å². The molecule has 2 aliphatic carbocycles. The van der Waals surface area contributed by atoms with Gasteiger partial charge in [0, 0.05) is 24.2 Å². The van der Waals surface area contributed by atoms with E-state index < -0.39 is 0 Å². The van der Waals surface area contributed by atoms with Crippen LogP contribution >= 0.6 is 0 Å². The molecule has 0 spiro atoms. The van der Waals surface area contributed by atoms with Crippen LogP contribution in [0.2, 0.25) is 0 Å². The van der Waals surface area contributed by atoms with Crippen molar-refractivity contribution in [3.05, 3.63) is 23.7 Å². The summed E-state index contributed by atoms with van der Waals surface area (Å²) in [5.41, 5.74) is 1.36. The van der Waals surface area contributed by atoms with E-state index in [1.165, 1.54) is 44.1 Å². The lowest BCUT2D eigenvalue weighted by Gasteiger charge is -2.34. The molecule has 2 unspecified atom stereocenters. The number of nitrogens with one attached hydrogen (secondary N) is 1. The fraction of sp³-hybridized carbons (Fsp3) is 0.765. The predicted molar refractivity (Wildman–Crippen MR) is 81.5 cm³/mol. The van der Waals surface area contributed by atoms with Crippen LogP contribution in [0.1, 0.15) is 56.8 Å². The van der Waals surface area contributed by atoms with Gasteiger partial charge in [-0.25, -0.2) is 0 Å². The van der Waals surface area contributed by atoms with Crippen LogP contribution in [0.25, 0.3) is 0 Å². The van der Waals surface area contributed by atoms with Crippen LogP contribution in [0.4, 0.5) is 0 Å². The average molecular weight is 276 g/mol. The molecule has 0 saturated heterocycles. The summed E-state index contributed by atoms with van der Waals surface area (Å²) in [7, 11) is 2.27. The molecule has 2 atom stereocenters. The van der Waals surface area contributed by atoms with Gasteiger partial charge in [0.1, 0.15) is 5.76 Å². The molecule has 20 heavy (non-hydrogen) atoms. The van der Waals surface area contributed by atoms with E-state index in [9.17, 15) is 0 Å². The first-order valence-corrected chi connectivity index (χ1v) is 8.21. The standard InChI is InChI=1S/C17H28N2O/c1-13-4-3-5-16(10-13)19(2)12-14-8-9-20-17(14)11-18-15-6-7-15/h8-9,13,15-16,18H,3-7,10-12H2,1-2H3. The minimum atomic E-state index is 0.741. The topological polar surface area (TPSA) is 28.4 Å². The molecule has 3 heteroatoms. The molecule has 3 rings (SSSR count). The Morgan fingerprint density at radius 1 is 1.30 bits per heavy atom. The van der Waals surface area contributed by atoms with E-state index in [4.69, 9.17) is 4.42 Å². The molecule has 0 aliphatic heterocycles. The Morgan fingerprint density at radius 2 is 2.15 bits per heavy atom. The molecule has 0 radical (unpaired) electrons. The van der Waals surface area contributed by atoms with E-state index in [1.54, 1.807) is 0 Å². The summed E-state index contributed by atoms with van der Waals surface area (Å²) in [6.07, 6.45) is 10.0. The summed E-state index contributed by atoms with van der Waals surface area (Å²) in [5.74, 6) is 2.02. The van der Waals surface area contributed by atoms with Crippen LogP contribution < -0.4 is 5.32 Å². The van der Waals surface area contributed by atoms with Gasteiger partial charge in [0.2, 0.25) is 0 Å². The van der Waals surface area contributed by atoms with Crippen molar-refractivity contribution in [3.8, 4) is 0 Å². The summed E-state index contributed by atoms with van der Waals surface area (Å²) >= 11 is 0. The van der Waals surface area contributed by atoms with Gasteiger partial charge in [0.05, 0.1) is 12.8 Å². The number of rotatable bonds is 6. The first kappa shape index (κ1) is 14.2. The van der Waals surface area contributed by atoms with Crippen molar-refractivity contribution < 1.29 is 4.42 Å². The maximum atomic E-state index is 5.66. The largest absolute Gasteiger partial charge is 0.468 e. The third-order valence-electron chi connectivity index (χ3n) is 4.92. The van der Waals surface area contributed by atoms with Crippen LogP contribution in [0.15, 0.2) is 16.7 Å². The van der Waals surface area contributed by atoms with E-state index in [0.717, 1.165) is 36.9 Å². The van der Waals surface area contributed by atoms with Gasteiger partial charge >= 0.3 is 0 Å². The Balaban J connectivity index is 1.54. The Kier molecular flexibility index (Phi) is 4.47. The fourth-order valence-electron chi connectivity index (χ4n) is 3.39. The third kappa shape index (κ3) is 3.64. The summed E-state index contributed by atoms with van der Waals surface area (Å²) in [6, 6.07) is 3.63. The highest BCUT2D eigenvalue weighted by Crippen LogP contribution is 2.28. The lowest BCUT2D eigenvalue weighted by atomic mass is 9.86. The van der Waals surface area contributed by atoms with Crippen molar-refractivity contribution >= 4 is 0 Å². The molecule has 112 valence electrons. The number of hydrogen-bond acceptors (Lipinski definition) is 3. The molecule has 1 aromatic rings. The molecular weight excluding hydrogens is 248 g/mol. The van der Waals surface area contributed by atoms with E-state index in [-0.39, 0.29) is 0 Å². The highest BCUT2D eigenvalue weighted by molar-refractivity contribution is 5.17. The Bertz CT molecular complexity index is 424. The second-order valence-electron chi connectivity index (χ2n) is 6.86. The molecule has 3 nitrogen and oxygen atoms in total. The number of furan rings is 1. The SMILES string of the molecule is CC1CCCC(N(C)Cc2ccoc2CNC2CC2)C1. The summed E-state index contributed by atoms with van der Waals surface area (Å²) in [6.45, 7) is 4.31. The summed E-state index contributed by atoms with van der Waals surface area (Å²) in [5, 5.41) is 3.55. The van der Waals surface area contributed by atoms with Gasteiger partial charge in [0.25, 0.3) is 0 Å². The van der Waals surface area contributed by atoms with Crippen LogP contribution in [-0.2, 0) is 13.1 Å². The van der Waals surface area contributed by atoms with E-state index >= 15 is 0 Å². The van der Waals surface area contributed by atoms with E-state index in [1.807, 2.05) is 6.26 Å². The molecule has 0 amide bonds. The Hall–Kier alpha value is -0.800. The van der Waals surface area contributed by atoms with Crippen molar-refractivity contribution in [1.82, 2.24) is 10.2 Å². The minimum absolute atomic E-state index is 0.741. The molecule has 0 bridgehead atoms.